The van der Waals surface area contributed by atoms with Crippen molar-refractivity contribution in [1.82, 2.24) is 4.90 Å². The molecule has 0 amide bonds. The quantitative estimate of drug-likeness (QED) is 0.536. The Morgan fingerprint density at radius 3 is 2.37 bits per heavy atom. The molecule has 9 heteroatoms. The van der Waals surface area contributed by atoms with Gasteiger partial charge in [0.2, 0.25) is 5.78 Å². The van der Waals surface area contributed by atoms with E-state index in [0.717, 1.165) is 18.2 Å². The van der Waals surface area contributed by atoms with E-state index < -0.39 is 52.2 Å². The lowest BCUT2D eigenvalue weighted by Gasteiger charge is -2.50. The zero-order valence-corrected chi connectivity index (χ0v) is 20.9. The van der Waals surface area contributed by atoms with Crippen LogP contribution in [0.5, 0.6) is 5.75 Å². The number of hydrogen-bond acceptors (Lipinski definition) is 9. The third-order valence-corrected chi connectivity index (χ3v) is 7.45. The van der Waals surface area contributed by atoms with Gasteiger partial charge in [0, 0.05) is 31.3 Å². The van der Waals surface area contributed by atoms with Gasteiger partial charge in [-0.2, -0.15) is 0 Å². The van der Waals surface area contributed by atoms with Crippen molar-refractivity contribution in [2.45, 2.75) is 38.3 Å². The highest BCUT2D eigenvalue weighted by molar-refractivity contribution is 6.25. The molecule has 0 radical (unpaired) electrons. The summed E-state index contributed by atoms with van der Waals surface area (Å²) < 4.78 is 5.75. The Kier molecular flexibility index (Phi) is 6.05. The second-order valence-corrected chi connectivity index (χ2v) is 9.92. The Balaban J connectivity index is 1.99. The predicted molar refractivity (Wildman–Crippen MR) is 130 cm³/mol. The van der Waals surface area contributed by atoms with Crippen molar-refractivity contribution in [3.8, 4) is 5.75 Å². The summed E-state index contributed by atoms with van der Waals surface area (Å²) in [5.74, 6) is -4.58. The molecular weight excluding hydrogens is 452 g/mol. The number of likely N-dealkylation sites (N-methyl/N-ethyl adjacent to an activating group) is 1. The monoisotopic (exact) mass is 484 g/mol. The number of aliphatic hydroxyl groups is 3. The first-order valence-corrected chi connectivity index (χ1v) is 11.7. The summed E-state index contributed by atoms with van der Waals surface area (Å²) in [4.78, 5) is 42.9. The van der Waals surface area contributed by atoms with Gasteiger partial charge in [0.15, 0.2) is 17.2 Å². The molecule has 1 aromatic carbocycles. The van der Waals surface area contributed by atoms with E-state index in [2.05, 4.69) is 0 Å². The standard InChI is InChI=1S/C26H32N2O7/c1-7-35-17-9-8-16(27(3)4)14-10-13-11-15-21(28(5)6)23(31)18(12(2)29)24(32)26(15,34)25(33)19(13)22(30)20(14)17/h8-9,13,15,21,30,32,34H,7,10-11H2,1-6H3/t13-,15-,21?,26+/m0/s1. The summed E-state index contributed by atoms with van der Waals surface area (Å²) >= 11 is 0. The van der Waals surface area contributed by atoms with Gasteiger partial charge in [0.05, 0.1) is 18.2 Å². The average molecular weight is 485 g/mol. The van der Waals surface area contributed by atoms with Crippen LogP contribution in [-0.2, 0) is 20.8 Å². The molecule has 3 aliphatic carbocycles. The summed E-state index contributed by atoms with van der Waals surface area (Å²) in [6.07, 6.45) is 0.524. The molecule has 1 unspecified atom stereocenters. The number of ketones is 3. The number of fused-ring (bicyclic) bond motifs is 3. The highest BCUT2D eigenvalue weighted by Crippen LogP contribution is 2.53. The third-order valence-electron chi connectivity index (χ3n) is 7.45. The van der Waals surface area contributed by atoms with Crippen LogP contribution >= 0.6 is 0 Å². The molecule has 0 spiro atoms. The van der Waals surface area contributed by atoms with Crippen molar-refractivity contribution < 1.29 is 34.4 Å². The molecule has 1 saturated carbocycles. The molecular formula is C26H32N2O7. The Morgan fingerprint density at radius 1 is 1.17 bits per heavy atom. The van der Waals surface area contributed by atoms with Crippen molar-refractivity contribution in [2.75, 3.05) is 39.7 Å². The maximum Gasteiger partial charge on any atom is 0.202 e. The molecule has 0 bridgehead atoms. The lowest BCUT2D eigenvalue weighted by Crippen LogP contribution is -2.65. The van der Waals surface area contributed by atoms with Gasteiger partial charge in [-0.25, -0.2) is 0 Å². The van der Waals surface area contributed by atoms with Gasteiger partial charge >= 0.3 is 0 Å². The van der Waals surface area contributed by atoms with Crippen LogP contribution in [-0.4, -0.2) is 84.0 Å². The van der Waals surface area contributed by atoms with Gasteiger partial charge in [-0.15, -0.1) is 0 Å². The number of nitrogens with zero attached hydrogens (tertiary/aromatic N) is 2. The van der Waals surface area contributed by atoms with Gasteiger partial charge in [0.1, 0.15) is 22.8 Å². The zero-order chi connectivity index (χ0) is 26.0. The largest absolute Gasteiger partial charge is 0.508 e. The number of carbonyl (C=O) groups is 3. The fourth-order valence-electron chi connectivity index (χ4n) is 6.01. The number of aliphatic hydroxyl groups excluding tert-OH is 2. The Labute approximate surface area is 204 Å². The van der Waals surface area contributed by atoms with Crippen LogP contribution in [0.1, 0.15) is 31.4 Å². The van der Waals surface area contributed by atoms with Crippen LogP contribution in [0.25, 0.3) is 5.76 Å². The van der Waals surface area contributed by atoms with E-state index >= 15 is 0 Å². The third kappa shape index (κ3) is 3.40. The highest BCUT2D eigenvalue weighted by Gasteiger charge is 2.64. The summed E-state index contributed by atoms with van der Waals surface area (Å²) in [6.45, 7) is 3.27. The van der Waals surface area contributed by atoms with Crippen LogP contribution in [0.15, 0.2) is 29.0 Å². The van der Waals surface area contributed by atoms with Gasteiger partial charge in [-0.1, -0.05) is 0 Å². The number of rotatable bonds is 5. The minimum Gasteiger partial charge on any atom is -0.508 e. The molecule has 0 saturated heterocycles. The second kappa shape index (κ2) is 8.49. The van der Waals surface area contributed by atoms with Gasteiger partial charge in [-0.3, -0.25) is 19.3 Å². The lowest BCUT2D eigenvalue weighted by molar-refractivity contribution is -0.153. The molecule has 188 valence electrons. The molecule has 35 heavy (non-hydrogen) atoms. The number of ether oxygens (including phenoxy) is 1. The first kappa shape index (κ1) is 24.9. The maximum atomic E-state index is 13.9. The van der Waals surface area contributed by atoms with E-state index in [9.17, 15) is 29.7 Å². The molecule has 0 aromatic heterocycles. The van der Waals surface area contributed by atoms with Crippen LogP contribution < -0.4 is 9.64 Å². The average Bonchev–Trinajstić information content (AvgIpc) is 2.75. The number of anilines is 1. The lowest BCUT2D eigenvalue weighted by atomic mass is 9.57. The van der Waals surface area contributed by atoms with E-state index in [0.29, 0.717) is 24.3 Å². The zero-order valence-electron chi connectivity index (χ0n) is 20.9. The summed E-state index contributed by atoms with van der Waals surface area (Å²) in [5, 5.41) is 34.1. The van der Waals surface area contributed by atoms with Gasteiger partial charge in [-0.05, 0) is 64.4 Å². The smallest absolute Gasteiger partial charge is 0.202 e. The number of Topliss-reactive ketones (excluding diaryl/α,β-unsaturated/α-hetero) is 3. The van der Waals surface area contributed by atoms with Crippen LogP contribution in [0.2, 0.25) is 0 Å². The molecule has 0 heterocycles. The highest BCUT2D eigenvalue weighted by atomic mass is 16.5. The molecule has 9 nitrogen and oxygen atoms in total. The van der Waals surface area contributed by atoms with Crippen molar-refractivity contribution in [1.29, 1.82) is 0 Å². The van der Waals surface area contributed by atoms with Crippen LogP contribution in [0.4, 0.5) is 5.69 Å². The fourth-order valence-corrected chi connectivity index (χ4v) is 6.01. The van der Waals surface area contributed by atoms with E-state index in [1.54, 1.807) is 25.1 Å². The molecule has 1 aromatic rings. The molecule has 1 fully saturated rings. The summed E-state index contributed by atoms with van der Waals surface area (Å²) in [6, 6.07) is 2.63. The van der Waals surface area contributed by atoms with Crippen molar-refractivity contribution >= 4 is 28.8 Å². The number of benzene rings is 1. The minimum atomic E-state index is -2.51. The summed E-state index contributed by atoms with van der Waals surface area (Å²) in [5.41, 5.74) is -1.06. The maximum absolute atomic E-state index is 13.9. The van der Waals surface area contributed by atoms with Crippen LogP contribution in [0.3, 0.4) is 0 Å². The Morgan fingerprint density at radius 2 is 1.83 bits per heavy atom. The Hall–Kier alpha value is -3.17. The summed E-state index contributed by atoms with van der Waals surface area (Å²) in [7, 11) is 7.02. The second-order valence-electron chi connectivity index (χ2n) is 9.92. The minimum absolute atomic E-state index is 0.0191. The SMILES string of the molecule is CCOc1ccc(N(C)C)c2c1C(O)=C1C(=O)[C@]3(O)C(O)=C(C(C)=O)C(=O)C(N(C)C)[C@@H]3C[C@@H]1C2. The van der Waals surface area contributed by atoms with Crippen molar-refractivity contribution in [3.63, 3.8) is 0 Å². The number of carbonyl (C=O) groups excluding carboxylic acids is 3. The van der Waals surface area contributed by atoms with Crippen LogP contribution in [0, 0.1) is 11.8 Å². The predicted octanol–water partition coefficient (Wildman–Crippen LogP) is 1.83. The normalized spacial score (nSPS) is 28.1. The molecule has 3 N–H and O–H groups in total. The van der Waals surface area contributed by atoms with Crippen molar-refractivity contribution in [2.24, 2.45) is 11.8 Å². The van der Waals surface area contributed by atoms with Crippen molar-refractivity contribution in [3.05, 3.63) is 40.2 Å². The van der Waals surface area contributed by atoms with E-state index in [1.165, 1.54) is 0 Å². The van der Waals surface area contributed by atoms with Gasteiger partial charge < -0.3 is 25.0 Å². The molecule has 0 aliphatic heterocycles. The van der Waals surface area contributed by atoms with E-state index in [1.807, 2.05) is 32.0 Å². The first-order chi connectivity index (χ1) is 16.4. The molecule has 4 rings (SSSR count). The fraction of sp³-hybridized carbons (Fsp3) is 0.500. The van der Waals surface area contributed by atoms with E-state index in [-0.39, 0.29) is 17.8 Å². The molecule has 3 aliphatic rings. The topological polar surface area (TPSA) is 128 Å². The van der Waals surface area contributed by atoms with E-state index in [4.69, 9.17) is 4.74 Å². The van der Waals surface area contributed by atoms with Gasteiger partial charge in [0.25, 0.3) is 0 Å². The first-order valence-electron chi connectivity index (χ1n) is 11.7. The molecule has 4 atom stereocenters. The number of hydrogen-bond donors (Lipinski definition) is 3. The Bertz CT molecular complexity index is 1200.